The fourth-order valence-electron chi connectivity index (χ4n) is 2.73. The van der Waals surface area contributed by atoms with E-state index in [-0.39, 0.29) is 12.5 Å². The van der Waals surface area contributed by atoms with Gasteiger partial charge in [0.05, 0.1) is 22.5 Å². The van der Waals surface area contributed by atoms with E-state index in [2.05, 4.69) is 17.6 Å². The van der Waals surface area contributed by atoms with Crippen molar-refractivity contribution in [1.29, 1.82) is 0 Å². The maximum Gasteiger partial charge on any atom is 0.262 e. The molecule has 0 aliphatic carbocycles. The van der Waals surface area contributed by atoms with Crippen molar-refractivity contribution in [3.63, 3.8) is 0 Å². The van der Waals surface area contributed by atoms with E-state index in [0.29, 0.717) is 28.6 Å². The van der Waals surface area contributed by atoms with Crippen LogP contribution >= 0.6 is 11.6 Å². The van der Waals surface area contributed by atoms with Crippen molar-refractivity contribution in [2.24, 2.45) is 0 Å². The summed E-state index contributed by atoms with van der Waals surface area (Å²) in [5, 5.41) is 6.80. The maximum atomic E-state index is 11.3. The molecule has 2 heterocycles. The quantitative estimate of drug-likeness (QED) is 0.901. The highest BCUT2D eigenvalue weighted by molar-refractivity contribution is 6.33. The molecule has 6 heteroatoms. The van der Waals surface area contributed by atoms with Gasteiger partial charge in [-0.15, -0.1) is 0 Å². The second kappa shape index (κ2) is 6.12. The van der Waals surface area contributed by atoms with Gasteiger partial charge in [0.25, 0.3) is 5.91 Å². The Kier molecular flexibility index (Phi) is 4.22. The highest BCUT2D eigenvalue weighted by Gasteiger charge is 2.23. The molecule has 0 aromatic heterocycles. The van der Waals surface area contributed by atoms with Crippen molar-refractivity contribution in [2.75, 3.05) is 23.8 Å². The normalized spacial score (nSPS) is 24.8. The fourth-order valence-corrected chi connectivity index (χ4v) is 2.94. The largest absolute Gasteiger partial charge is 0.482 e. The van der Waals surface area contributed by atoms with Crippen LogP contribution in [0.15, 0.2) is 12.1 Å². The molecule has 0 saturated carbocycles. The first-order valence-electron chi connectivity index (χ1n) is 7.30. The molecule has 2 N–H and O–H groups in total. The van der Waals surface area contributed by atoms with E-state index in [1.165, 1.54) is 0 Å². The van der Waals surface area contributed by atoms with Gasteiger partial charge in [-0.1, -0.05) is 18.5 Å². The molecular formula is C15H19ClN2O3. The number of benzene rings is 1. The standard InChI is InChI=1S/C15H19ClN2O3/c1-2-10-5-9(3-4-20-10)17-12-7-14-13(6-11(12)16)18-15(19)8-21-14/h6-7,9-10,17H,2-5,8H2,1H3,(H,18,19). The Bertz CT molecular complexity index is 550. The molecule has 21 heavy (non-hydrogen) atoms. The van der Waals surface area contributed by atoms with Crippen LogP contribution in [0.5, 0.6) is 5.75 Å². The van der Waals surface area contributed by atoms with Crippen LogP contribution in [0.2, 0.25) is 5.02 Å². The zero-order valence-corrected chi connectivity index (χ0v) is 12.7. The summed E-state index contributed by atoms with van der Waals surface area (Å²) in [6, 6.07) is 3.93. The first kappa shape index (κ1) is 14.5. The van der Waals surface area contributed by atoms with Gasteiger partial charge in [0.1, 0.15) is 5.75 Å². The first-order valence-corrected chi connectivity index (χ1v) is 7.68. The third kappa shape index (κ3) is 3.24. The Hall–Kier alpha value is -1.46. The van der Waals surface area contributed by atoms with Crippen molar-refractivity contribution in [3.8, 4) is 5.75 Å². The maximum absolute atomic E-state index is 11.3. The molecule has 0 radical (unpaired) electrons. The zero-order valence-electron chi connectivity index (χ0n) is 11.9. The zero-order chi connectivity index (χ0) is 14.8. The van der Waals surface area contributed by atoms with Crippen molar-refractivity contribution in [3.05, 3.63) is 17.2 Å². The number of rotatable bonds is 3. The van der Waals surface area contributed by atoms with Crippen molar-refractivity contribution < 1.29 is 14.3 Å². The van der Waals surface area contributed by atoms with Crippen molar-refractivity contribution in [1.82, 2.24) is 0 Å². The number of amides is 1. The lowest BCUT2D eigenvalue weighted by atomic mass is 10.0. The summed E-state index contributed by atoms with van der Waals surface area (Å²) in [5.41, 5.74) is 1.47. The van der Waals surface area contributed by atoms with Crippen LogP contribution in [-0.4, -0.2) is 31.3 Å². The van der Waals surface area contributed by atoms with Crippen LogP contribution in [0.25, 0.3) is 0 Å². The second-order valence-electron chi connectivity index (χ2n) is 5.43. The summed E-state index contributed by atoms with van der Waals surface area (Å²) in [7, 11) is 0. The molecule has 114 valence electrons. The number of ether oxygens (including phenoxy) is 2. The smallest absolute Gasteiger partial charge is 0.262 e. The predicted molar refractivity (Wildman–Crippen MR) is 82.3 cm³/mol. The highest BCUT2D eigenvalue weighted by Crippen LogP contribution is 2.37. The molecule has 0 spiro atoms. The number of halogens is 1. The molecule has 2 aliphatic heterocycles. The summed E-state index contributed by atoms with van der Waals surface area (Å²) in [6.07, 6.45) is 3.26. The fraction of sp³-hybridized carbons (Fsp3) is 0.533. The number of carbonyl (C=O) groups excluding carboxylic acids is 1. The van der Waals surface area contributed by atoms with E-state index >= 15 is 0 Å². The Balaban J connectivity index is 1.75. The number of hydrogen-bond donors (Lipinski definition) is 2. The molecule has 1 aromatic carbocycles. The first-order chi connectivity index (χ1) is 10.2. The minimum Gasteiger partial charge on any atom is -0.482 e. The minimum atomic E-state index is -0.158. The van der Waals surface area contributed by atoms with Crippen LogP contribution < -0.4 is 15.4 Å². The molecule has 1 saturated heterocycles. The highest BCUT2D eigenvalue weighted by atomic mass is 35.5. The summed E-state index contributed by atoms with van der Waals surface area (Å²) in [6.45, 7) is 2.95. The van der Waals surface area contributed by atoms with E-state index in [1.807, 2.05) is 6.07 Å². The molecule has 5 nitrogen and oxygen atoms in total. The number of fused-ring (bicyclic) bond motifs is 1. The summed E-state index contributed by atoms with van der Waals surface area (Å²) in [4.78, 5) is 11.3. The van der Waals surface area contributed by atoms with Crippen molar-refractivity contribution >= 4 is 28.9 Å². The summed E-state index contributed by atoms with van der Waals surface area (Å²) >= 11 is 6.30. The van der Waals surface area contributed by atoms with E-state index < -0.39 is 0 Å². The summed E-state index contributed by atoms with van der Waals surface area (Å²) < 4.78 is 11.1. The second-order valence-corrected chi connectivity index (χ2v) is 5.84. The van der Waals surface area contributed by atoms with Crippen LogP contribution in [0.4, 0.5) is 11.4 Å². The number of nitrogens with one attached hydrogen (secondary N) is 2. The van der Waals surface area contributed by atoms with Gasteiger partial charge in [0, 0.05) is 18.7 Å². The molecule has 0 bridgehead atoms. The van der Waals surface area contributed by atoms with Crippen LogP contribution in [0.1, 0.15) is 26.2 Å². The molecule has 2 aliphatic rings. The van der Waals surface area contributed by atoms with Crippen molar-refractivity contribution in [2.45, 2.75) is 38.3 Å². The average molecular weight is 311 g/mol. The Morgan fingerprint density at radius 1 is 1.48 bits per heavy atom. The molecular weight excluding hydrogens is 292 g/mol. The molecule has 1 aromatic rings. The lowest BCUT2D eigenvalue weighted by molar-refractivity contribution is -0.118. The van der Waals surface area contributed by atoms with Gasteiger partial charge in [-0.25, -0.2) is 0 Å². The Labute approximate surface area is 128 Å². The van der Waals surface area contributed by atoms with Crippen LogP contribution in [0.3, 0.4) is 0 Å². The van der Waals surface area contributed by atoms with Gasteiger partial charge in [-0.2, -0.15) is 0 Å². The third-order valence-electron chi connectivity index (χ3n) is 3.88. The number of carbonyl (C=O) groups is 1. The van der Waals surface area contributed by atoms with Crippen LogP contribution in [-0.2, 0) is 9.53 Å². The SMILES string of the molecule is CCC1CC(Nc2cc3c(cc2Cl)NC(=O)CO3)CCO1. The molecule has 2 unspecified atom stereocenters. The van der Waals surface area contributed by atoms with Gasteiger partial charge >= 0.3 is 0 Å². The van der Waals surface area contributed by atoms with E-state index in [9.17, 15) is 4.79 Å². The van der Waals surface area contributed by atoms with E-state index in [0.717, 1.165) is 31.6 Å². The predicted octanol–water partition coefficient (Wildman–Crippen LogP) is 3.04. The van der Waals surface area contributed by atoms with Gasteiger partial charge < -0.3 is 20.1 Å². The van der Waals surface area contributed by atoms with Gasteiger partial charge in [0.2, 0.25) is 0 Å². The Morgan fingerprint density at radius 2 is 2.33 bits per heavy atom. The van der Waals surface area contributed by atoms with Gasteiger partial charge in [-0.3, -0.25) is 4.79 Å². The molecule has 1 amide bonds. The topological polar surface area (TPSA) is 59.6 Å². The van der Waals surface area contributed by atoms with Gasteiger partial charge in [0.15, 0.2) is 6.61 Å². The minimum absolute atomic E-state index is 0.0449. The third-order valence-corrected chi connectivity index (χ3v) is 4.20. The molecule has 2 atom stereocenters. The lowest BCUT2D eigenvalue weighted by Crippen LogP contribution is -2.33. The number of hydrogen-bond acceptors (Lipinski definition) is 4. The molecule has 1 fully saturated rings. The van der Waals surface area contributed by atoms with Crippen LogP contribution in [0, 0.1) is 0 Å². The summed E-state index contributed by atoms with van der Waals surface area (Å²) in [5.74, 6) is 0.495. The average Bonchev–Trinajstić information content (AvgIpc) is 2.48. The van der Waals surface area contributed by atoms with Gasteiger partial charge in [-0.05, 0) is 25.3 Å². The monoisotopic (exact) mass is 310 g/mol. The van der Waals surface area contributed by atoms with E-state index in [4.69, 9.17) is 21.1 Å². The lowest BCUT2D eigenvalue weighted by Gasteiger charge is -2.31. The Morgan fingerprint density at radius 3 is 3.14 bits per heavy atom. The molecule has 3 rings (SSSR count). The number of anilines is 2. The van der Waals surface area contributed by atoms with E-state index in [1.54, 1.807) is 6.07 Å².